The van der Waals surface area contributed by atoms with Gasteiger partial charge < -0.3 is 5.32 Å². The monoisotopic (exact) mass is 331 g/mol. The molecule has 0 unspecified atom stereocenters. The number of amides is 1. The summed E-state index contributed by atoms with van der Waals surface area (Å²) in [6.07, 6.45) is 0. The van der Waals surface area contributed by atoms with E-state index in [1.54, 1.807) is 11.8 Å². The third kappa shape index (κ3) is 7.46. The first-order valence-corrected chi connectivity index (χ1v) is 8.86. The van der Waals surface area contributed by atoms with Crippen molar-refractivity contribution in [3.8, 4) is 0 Å². The minimum atomic E-state index is -0.101. The van der Waals surface area contributed by atoms with Crippen molar-refractivity contribution in [3.63, 3.8) is 0 Å². The second-order valence-corrected chi connectivity index (χ2v) is 9.24. The van der Waals surface area contributed by atoms with Crippen molar-refractivity contribution in [3.05, 3.63) is 29.3 Å². The van der Waals surface area contributed by atoms with Gasteiger partial charge in [0.15, 0.2) is 0 Å². The molecule has 0 saturated carbocycles. The van der Waals surface area contributed by atoms with E-state index in [1.165, 1.54) is 0 Å². The maximum absolute atomic E-state index is 12.0. The zero-order valence-corrected chi connectivity index (χ0v) is 14.8. The summed E-state index contributed by atoms with van der Waals surface area (Å²) >= 11 is 9.24. The van der Waals surface area contributed by atoms with E-state index in [0.717, 1.165) is 10.6 Å². The van der Waals surface area contributed by atoms with Crippen LogP contribution < -0.4 is 5.32 Å². The van der Waals surface area contributed by atoms with Gasteiger partial charge in [0, 0.05) is 27.0 Å². The molecule has 1 aromatic rings. The molecular weight excluding hydrogens is 310 g/mol. The van der Waals surface area contributed by atoms with Gasteiger partial charge in [-0.15, -0.1) is 11.8 Å². The third-order valence-corrected chi connectivity index (χ3v) is 5.07. The van der Waals surface area contributed by atoms with Crippen molar-refractivity contribution in [2.45, 2.75) is 42.6 Å². The number of rotatable bonds is 6. The first kappa shape index (κ1) is 17.7. The van der Waals surface area contributed by atoms with Gasteiger partial charge >= 0.3 is 0 Å². The van der Waals surface area contributed by atoms with Crippen molar-refractivity contribution < 1.29 is 4.79 Å². The molecule has 1 N–H and O–H groups in total. The molecule has 20 heavy (non-hydrogen) atoms. The first-order chi connectivity index (χ1) is 9.28. The molecule has 0 spiro atoms. The van der Waals surface area contributed by atoms with E-state index in [9.17, 15) is 4.79 Å². The van der Waals surface area contributed by atoms with Crippen LogP contribution in [0.2, 0.25) is 5.02 Å². The minimum Gasteiger partial charge on any atom is -0.354 e. The summed E-state index contributed by atoms with van der Waals surface area (Å²) < 4.78 is 0.244. The highest BCUT2D eigenvalue weighted by atomic mass is 35.5. The highest BCUT2D eigenvalue weighted by molar-refractivity contribution is 8.00. The molecule has 0 radical (unpaired) electrons. The van der Waals surface area contributed by atoms with Gasteiger partial charge in [-0.3, -0.25) is 4.79 Å². The number of carbonyl (C=O) groups excluding carboxylic acids is 1. The summed E-state index contributed by atoms with van der Waals surface area (Å²) in [6, 6.07) is 7.56. The fourth-order valence-corrected chi connectivity index (χ4v) is 3.28. The van der Waals surface area contributed by atoms with Gasteiger partial charge in [-0.2, -0.15) is 11.8 Å². The average Bonchev–Trinajstić information content (AvgIpc) is 2.36. The first-order valence-electron chi connectivity index (χ1n) is 6.62. The van der Waals surface area contributed by atoms with Gasteiger partial charge in [-0.25, -0.2) is 0 Å². The van der Waals surface area contributed by atoms with Crippen LogP contribution in [0.15, 0.2) is 29.2 Å². The Balaban J connectivity index is 2.30. The molecule has 1 aromatic carbocycles. The molecule has 0 aliphatic heterocycles. The van der Waals surface area contributed by atoms with Crippen LogP contribution in [0.5, 0.6) is 0 Å². The van der Waals surface area contributed by atoms with Gasteiger partial charge in [0.2, 0.25) is 5.91 Å². The lowest BCUT2D eigenvalue weighted by Gasteiger charge is -2.18. The summed E-state index contributed by atoms with van der Waals surface area (Å²) in [5.41, 5.74) is 0. The lowest BCUT2D eigenvalue weighted by Crippen LogP contribution is -2.33. The van der Waals surface area contributed by atoms with E-state index >= 15 is 0 Å². The summed E-state index contributed by atoms with van der Waals surface area (Å²) in [5.74, 6) is 1.02. The molecule has 0 aromatic heterocycles. The molecule has 0 aliphatic rings. The van der Waals surface area contributed by atoms with Crippen LogP contribution in [0.4, 0.5) is 0 Å². The second-order valence-electron chi connectivity index (χ2n) is 5.47. The van der Waals surface area contributed by atoms with Crippen LogP contribution in [-0.2, 0) is 4.79 Å². The minimum absolute atomic E-state index is 0.0828. The van der Waals surface area contributed by atoms with Crippen molar-refractivity contribution in [2.75, 3.05) is 12.3 Å². The van der Waals surface area contributed by atoms with E-state index in [0.29, 0.717) is 11.6 Å². The Morgan fingerprint density at radius 3 is 2.45 bits per heavy atom. The number of hydrogen-bond donors (Lipinski definition) is 1. The predicted octanol–water partition coefficient (Wildman–Crippen LogP) is 4.47. The number of carbonyl (C=O) groups is 1. The van der Waals surface area contributed by atoms with E-state index in [2.05, 4.69) is 26.1 Å². The Morgan fingerprint density at radius 1 is 1.30 bits per heavy atom. The Hall–Kier alpha value is -0.320. The highest BCUT2D eigenvalue weighted by Gasteiger charge is 2.15. The molecule has 1 atom stereocenters. The summed E-state index contributed by atoms with van der Waals surface area (Å²) in [7, 11) is 0. The number of hydrogen-bond acceptors (Lipinski definition) is 3. The van der Waals surface area contributed by atoms with Gasteiger partial charge in [-0.1, -0.05) is 32.4 Å². The molecule has 0 bridgehead atoms. The van der Waals surface area contributed by atoms with Crippen LogP contribution in [0.1, 0.15) is 27.7 Å². The van der Waals surface area contributed by atoms with Crippen molar-refractivity contribution >= 4 is 41.0 Å². The molecule has 2 nitrogen and oxygen atoms in total. The molecule has 1 rings (SSSR count). The fourth-order valence-electron chi connectivity index (χ4n) is 1.45. The SMILES string of the molecule is C[C@H](Sc1ccc(Cl)cc1)C(=O)NCCSC(C)(C)C. The zero-order chi connectivity index (χ0) is 15.2. The van der Waals surface area contributed by atoms with Crippen LogP contribution in [0, 0.1) is 0 Å². The van der Waals surface area contributed by atoms with Crippen molar-refractivity contribution in [1.29, 1.82) is 0 Å². The zero-order valence-electron chi connectivity index (χ0n) is 12.4. The van der Waals surface area contributed by atoms with Gasteiger partial charge in [0.25, 0.3) is 0 Å². The average molecular weight is 332 g/mol. The molecule has 1 amide bonds. The second kappa shape index (κ2) is 8.20. The summed E-state index contributed by atoms with van der Waals surface area (Å²) in [4.78, 5) is 13.0. The number of benzene rings is 1. The van der Waals surface area contributed by atoms with E-state index < -0.39 is 0 Å². The molecule has 112 valence electrons. The molecule has 5 heteroatoms. The van der Waals surface area contributed by atoms with Gasteiger partial charge in [0.1, 0.15) is 0 Å². The topological polar surface area (TPSA) is 29.1 Å². The van der Waals surface area contributed by atoms with Crippen LogP contribution in [-0.4, -0.2) is 28.2 Å². The van der Waals surface area contributed by atoms with Crippen LogP contribution in [0.3, 0.4) is 0 Å². The fraction of sp³-hybridized carbons (Fsp3) is 0.533. The summed E-state index contributed by atoms with van der Waals surface area (Å²) in [6.45, 7) is 9.17. The van der Waals surface area contributed by atoms with Crippen LogP contribution >= 0.6 is 35.1 Å². The Labute approximate surface area is 135 Å². The highest BCUT2D eigenvalue weighted by Crippen LogP contribution is 2.25. The van der Waals surface area contributed by atoms with E-state index in [4.69, 9.17) is 11.6 Å². The molecular formula is C15H22ClNOS2. The lowest BCUT2D eigenvalue weighted by atomic mass is 10.3. The normalized spacial score (nSPS) is 13.1. The standard InChI is InChI=1S/C15H22ClNOS2/c1-11(20-13-7-5-12(16)6-8-13)14(18)17-9-10-19-15(2,3)4/h5-8,11H,9-10H2,1-4H3,(H,17,18)/t11-/m0/s1. The molecule has 0 saturated heterocycles. The quantitative estimate of drug-likeness (QED) is 0.616. The van der Waals surface area contributed by atoms with Gasteiger partial charge in [0.05, 0.1) is 5.25 Å². The van der Waals surface area contributed by atoms with Crippen molar-refractivity contribution in [1.82, 2.24) is 5.32 Å². The summed E-state index contributed by atoms with van der Waals surface area (Å²) in [5, 5.41) is 3.59. The largest absolute Gasteiger partial charge is 0.354 e. The number of thioether (sulfide) groups is 2. The number of halogens is 1. The van der Waals surface area contributed by atoms with Crippen molar-refractivity contribution in [2.24, 2.45) is 0 Å². The van der Waals surface area contributed by atoms with E-state index in [-0.39, 0.29) is 15.9 Å². The van der Waals surface area contributed by atoms with Crippen LogP contribution in [0.25, 0.3) is 0 Å². The molecule has 0 fully saturated rings. The Bertz CT molecular complexity index is 428. The Kier molecular flexibility index (Phi) is 7.27. The molecule has 0 heterocycles. The number of nitrogens with one attached hydrogen (secondary N) is 1. The Morgan fingerprint density at radius 2 is 1.90 bits per heavy atom. The predicted molar refractivity (Wildman–Crippen MR) is 92.0 cm³/mol. The smallest absolute Gasteiger partial charge is 0.233 e. The molecule has 0 aliphatic carbocycles. The lowest BCUT2D eigenvalue weighted by molar-refractivity contribution is -0.120. The maximum atomic E-state index is 12.0. The van der Waals surface area contributed by atoms with Gasteiger partial charge in [-0.05, 0) is 31.2 Å². The van der Waals surface area contributed by atoms with E-state index in [1.807, 2.05) is 43.0 Å². The maximum Gasteiger partial charge on any atom is 0.233 e. The third-order valence-electron chi connectivity index (χ3n) is 2.43.